The second kappa shape index (κ2) is 5.49. The normalized spacial score (nSPS) is 23.2. The molecule has 1 unspecified atom stereocenters. The molecular weight excluding hydrogens is 306 g/mol. The van der Waals surface area contributed by atoms with Gasteiger partial charge in [-0.15, -0.1) is 0 Å². The molecule has 1 saturated heterocycles. The zero-order valence-corrected chi connectivity index (χ0v) is 13.5. The first kappa shape index (κ1) is 15.2. The minimum absolute atomic E-state index is 0.0563. The summed E-state index contributed by atoms with van der Waals surface area (Å²) in [7, 11) is -0.338. The van der Waals surface area contributed by atoms with Crippen molar-refractivity contribution in [3.8, 4) is 0 Å². The number of sulfonamides is 1. The number of nitrogens with one attached hydrogen (secondary N) is 1. The number of H-pyrrole nitrogens is 1. The molecule has 0 radical (unpaired) electrons. The highest BCUT2D eigenvalue weighted by atomic mass is 32.2. The van der Waals surface area contributed by atoms with Crippen LogP contribution in [-0.4, -0.2) is 52.0 Å². The minimum Gasteiger partial charge on any atom is -0.380 e. The lowest BCUT2D eigenvalue weighted by atomic mass is 10.2. The number of hydrogen-bond donors (Lipinski definition) is 1. The minimum atomic E-state index is -3.70. The van der Waals surface area contributed by atoms with Gasteiger partial charge in [-0.2, -0.15) is 4.31 Å². The van der Waals surface area contributed by atoms with Crippen molar-refractivity contribution in [3.63, 3.8) is 0 Å². The molecule has 1 aliphatic rings. The molecule has 0 bridgehead atoms. The Hall–Kier alpha value is -1.71. The van der Waals surface area contributed by atoms with Crippen molar-refractivity contribution in [2.24, 2.45) is 7.05 Å². The lowest BCUT2D eigenvalue weighted by molar-refractivity contribution is 0.114. The van der Waals surface area contributed by atoms with Gasteiger partial charge >= 0.3 is 0 Å². The molecule has 0 saturated carbocycles. The third-order valence-electron chi connectivity index (χ3n) is 4.05. The maximum absolute atomic E-state index is 12.9. The van der Waals surface area contributed by atoms with Crippen molar-refractivity contribution in [2.45, 2.75) is 30.5 Å². The molecule has 120 valence electrons. The van der Waals surface area contributed by atoms with Crippen LogP contribution in [0.5, 0.6) is 0 Å². The van der Waals surface area contributed by atoms with Crippen molar-refractivity contribution in [3.05, 3.63) is 30.2 Å². The first-order valence-corrected chi connectivity index (χ1v) is 8.41. The second-order valence-electron chi connectivity index (χ2n) is 5.40. The van der Waals surface area contributed by atoms with Crippen LogP contribution in [0.25, 0.3) is 0 Å². The number of methoxy groups -OCH3 is 1. The van der Waals surface area contributed by atoms with Gasteiger partial charge in [0.05, 0.1) is 12.1 Å². The third-order valence-corrected chi connectivity index (χ3v) is 5.79. The van der Waals surface area contributed by atoms with Crippen molar-refractivity contribution in [2.75, 3.05) is 13.7 Å². The summed E-state index contributed by atoms with van der Waals surface area (Å²) in [6.07, 6.45) is 5.24. The zero-order chi connectivity index (χ0) is 15.9. The molecule has 0 aromatic carbocycles. The summed E-state index contributed by atoms with van der Waals surface area (Å²) in [4.78, 5) is 11.4. The van der Waals surface area contributed by atoms with Crippen molar-refractivity contribution >= 4 is 10.0 Å². The van der Waals surface area contributed by atoms with Gasteiger partial charge in [0.1, 0.15) is 11.6 Å². The number of hydrogen-bond acceptors (Lipinski definition) is 5. The van der Waals surface area contributed by atoms with Gasteiger partial charge < -0.3 is 14.3 Å². The van der Waals surface area contributed by atoms with E-state index in [4.69, 9.17) is 4.74 Å². The third kappa shape index (κ3) is 2.44. The smallest absolute Gasteiger partial charge is 0.262 e. The van der Waals surface area contributed by atoms with Crippen molar-refractivity contribution in [1.82, 2.24) is 23.8 Å². The molecule has 1 aliphatic heterocycles. The molecule has 0 spiro atoms. The van der Waals surface area contributed by atoms with Crippen LogP contribution in [0.2, 0.25) is 0 Å². The zero-order valence-electron chi connectivity index (χ0n) is 12.7. The van der Waals surface area contributed by atoms with Crippen LogP contribution >= 0.6 is 0 Å². The van der Waals surface area contributed by atoms with Gasteiger partial charge in [0.25, 0.3) is 10.0 Å². The Morgan fingerprint density at radius 3 is 2.77 bits per heavy atom. The molecule has 2 aromatic rings. The van der Waals surface area contributed by atoms with E-state index in [1.165, 1.54) is 10.5 Å². The molecule has 22 heavy (non-hydrogen) atoms. The molecule has 2 aromatic heterocycles. The number of aromatic nitrogens is 4. The quantitative estimate of drug-likeness (QED) is 0.888. The Kier molecular flexibility index (Phi) is 3.79. The first-order chi connectivity index (χ1) is 10.4. The van der Waals surface area contributed by atoms with Crippen LogP contribution in [0.4, 0.5) is 0 Å². The first-order valence-electron chi connectivity index (χ1n) is 6.97. The topological polar surface area (TPSA) is 93.1 Å². The monoisotopic (exact) mass is 325 g/mol. The number of ether oxygens (including phenoxy) is 1. The predicted octanol–water partition coefficient (Wildman–Crippen LogP) is 0.602. The van der Waals surface area contributed by atoms with E-state index in [1.54, 1.807) is 38.0 Å². The molecule has 3 heterocycles. The summed E-state index contributed by atoms with van der Waals surface area (Å²) < 4.78 is 34.3. The van der Waals surface area contributed by atoms with Crippen LogP contribution in [0.3, 0.4) is 0 Å². The van der Waals surface area contributed by atoms with E-state index in [1.807, 2.05) is 0 Å². The van der Waals surface area contributed by atoms with Crippen molar-refractivity contribution in [1.29, 1.82) is 0 Å². The standard InChI is InChI=1S/C13H19N5O3S/c1-9-16-12(8-17(9)2)22(19,20)18-7-10(21-3)6-11(18)13-14-4-5-15-13/h4-5,8,10-11H,6-7H2,1-3H3,(H,14,15)/t10-,11?/m1/s1. The van der Waals surface area contributed by atoms with Gasteiger partial charge in [0, 0.05) is 39.3 Å². The number of aryl methyl sites for hydroxylation is 2. The van der Waals surface area contributed by atoms with Crippen LogP contribution in [0.15, 0.2) is 23.6 Å². The van der Waals surface area contributed by atoms with E-state index in [2.05, 4.69) is 15.0 Å². The molecule has 0 aliphatic carbocycles. The van der Waals surface area contributed by atoms with Crippen LogP contribution in [0.1, 0.15) is 24.1 Å². The Morgan fingerprint density at radius 1 is 1.45 bits per heavy atom. The maximum Gasteiger partial charge on any atom is 0.262 e. The summed E-state index contributed by atoms with van der Waals surface area (Å²) in [5, 5.41) is 0.0563. The Labute approximate surface area is 129 Å². The fourth-order valence-electron chi connectivity index (χ4n) is 2.68. The fraction of sp³-hybridized carbons (Fsp3) is 0.538. The molecule has 3 rings (SSSR count). The summed E-state index contributed by atoms with van der Waals surface area (Å²) in [6.45, 7) is 2.06. The number of imidazole rings is 2. The molecule has 2 atom stereocenters. The number of rotatable bonds is 4. The Balaban J connectivity index is 2.00. The summed E-state index contributed by atoms with van der Waals surface area (Å²) in [5.41, 5.74) is 0. The van der Waals surface area contributed by atoms with Crippen LogP contribution in [-0.2, 0) is 21.8 Å². The van der Waals surface area contributed by atoms with Crippen LogP contribution in [0, 0.1) is 6.92 Å². The average Bonchev–Trinajstić information content (AvgIpc) is 3.19. The van der Waals surface area contributed by atoms with E-state index in [0.29, 0.717) is 24.6 Å². The van der Waals surface area contributed by atoms with Gasteiger partial charge in [0.15, 0.2) is 5.03 Å². The highest BCUT2D eigenvalue weighted by molar-refractivity contribution is 7.89. The number of aromatic amines is 1. The highest BCUT2D eigenvalue weighted by Gasteiger charge is 2.43. The summed E-state index contributed by atoms with van der Waals surface area (Å²) in [5.74, 6) is 1.27. The van der Waals surface area contributed by atoms with E-state index in [9.17, 15) is 8.42 Å². The molecular formula is C13H19N5O3S. The maximum atomic E-state index is 12.9. The SMILES string of the molecule is CO[C@@H]1CC(c2ncc[nH]2)N(S(=O)(=O)c2cn(C)c(C)n2)C1. The van der Waals surface area contributed by atoms with E-state index < -0.39 is 10.0 Å². The Bertz CT molecular complexity index is 733. The second-order valence-corrected chi connectivity index (χ2v) is 7.23. The van der Waals surface area contributed by atoms with E-state index in [0.717, 1.165) is 0 Å². The average molecular weight is 325 g/mol. The lowest BCUT2D eigenvalue weighted by Gasteiger charge is -2.21. The van der Waals surface area contributed by atoms with E-state index in [-0.39, 0.29) is 17.2 Å². The van der Waals surface area contributed by atoms with Gasteiger partial charge in [-0.1, -0.05) is 0 Å². The van der Waals surface area contributed by atoms with Gasteiger partial charge in [-0.05, 0) is 13.3 Å². The van der Waals surface area contributed by atoms with Gasteiger partial charge in [0.2, 0.25) is 0 Å². The predicted molar refractivity (Wildman–Crippen MR) is 78.6 cm³/mol. The van der Waals surface area contributed by atoms with E-state index >= 15 is 0 Å². The lowest BCUT2D eigenvalue weighted by Crippen LogP contribution is -2.32. The van der Waals surface area contributed by atoms with Crippen LogP contribution < -0.4 is 0 Å². The fourth-order valence-corrected chi connectivity index (χ4v) is 4.35. The molecule has 9 heteroatoms. The molecule has 0 amide bonds. The largest absolute Gasteiger partial charge is 0.380 e. The van der Waals surface area contributed by atoms with Gasteiger partial charge in [-0.25, -0.2) is 18.4 Å². The van der Waals surface area contributed by atoms with Gasteiger partial charge in [-0.3, -0.25) is 0 Å². The Morgan fingerprint density at radius 2 is 2.23 bits per heavy atom. The number of nitrogens with zero attached hydrogens (tertiary/aromatic N) is 4. The summed E-state index contributed by atoms with van der Waals surface area (Å²) in [6, 6.07) is -0.368. The molecule has 1 fully saturated rings. The molecule has 8 nitrogen and oxygen atoms in total. The molecule has 1 N–H and O–H groups in total. The summed E-state index contributed by atoms with van der Waals surface area (Å²) >= 11 is 0. The highest BCUT2D eigenvalue weighted by Crippen LogP contribution is 2.35. The van der Waals surface area contributed by atoms with Crippen molar-refractivity contribution < 1.29 is 13.2 Å².